The Balaban J connectivity index is 1.25. The molecule has 1 aromatic heterocycles. The molecule has 4 heterocycles. The van der Waals surface area contributed by atoms with Crippen molar-refractivity contribution in [1.29, 1.82) is 0 Å². The third-order valence-electron chi connectivity index (χ3n) is 7.60. The van der Waals surface area contributed by atoms with Crippen LogP contribution in [0.1, 0.15) is 53.0 Å². The molecular weight excluding hydrogens is 528 g/mol. The molecule has 218 valence electrons. The number of benzene rings is 1. The Hall–Kier alpha value is -4.26. The summed E-state index contributed by atoms with van der Waals surface area (Å²) in [6, 6.07) is 6.67. The number of piperidine rings is 2. The van der Waals surface area contributed by atoms with Crippen molar-refractivity contribution < 1.29 is 23.9 Å². The van der Waals surface area contributed by atoms with E-state index in [0.717, 1.165) is 32.1 Å². The normalized spacial score (nSPS) is 19.4. The summed E-state index contributed by atoms with van der Waals surface area (Å²) >= 11 is 0. The number of carbonyl (C=O) groups excluding carboxylic acids is 4. The Bertz CT molecular complexity index is 1270. The van der Waals surface area contributed by atoms with Gasteiger partial charge in [0.1, 0.15) is 5.82 Å². The molecule has 0 spiro atoms. The number of ether oxygens (including phenoxy) is 1. The van der Waals surface area contributed by atoms with E-state index in [-0.39, 0.29) is 23.5 Å². The number of morpholine rings is 1. The third-order valence-corrected chi connectivity index (χ3v) is 7.60. The molecule has 0 radical (unpaired) electrons. The molecule has 13 heteroatoms. The van der Waals surface area contributed by atoms with Crippen molar-refractivity contribution >= 4 is 41.0 Å². The molecule has 3 aliphatic heterocycles. The molecule has 4 N–H and O–H groups in total. The molecule has 13 nitrogen and oxygen atoms in total. The van der Waals surface area contributed by atoms with E-state index in [9.17, 15) is 19.2 Å². The van der Waals surface area contributed by atoms with Crippen molar-refractivity contribution in [1.82, 2.24) is 25.1 Å². The number of primary amides is 1. The van der Waals surface area contributed by atoms with Gasteiger partial charge in [0.2, 0.25) is 0 Å². The number of amides is 4. The minimum Gasteiger partial charge on any atom is -0.378 e. The van der Waals surface area contributed by atoms with Gasteiger partial charge in [-0.2, -0.15) is 0 Å². The van der Waals surface area contributed by atoms with Gasteiger partial charge in [-0.1, -0.05) is 0 Å². The van der Waals surface area contributed by atoms with Crippen molar-refractivity contribution in [2.24, 2.45) is 5.73 Å². The van der Waals surface area contributed by atoms with E-state index >= 15 is 0 Å². The van der Waals surface area contributed by atoms with Gasteiger partial charge in [-0.15, -0.1) is 0 Å². The van der Waals surface area contributed by atoms with Crippen LogP contribution in [0.25, 0.3) is 0 Å². The first-order valence-corrected chi connectivity index (χ1v) is 14.1. The average molecular weight is 565 g/mol. The Morgan fingerprint density at radius 3 is 2.34 bits per heavy atom. The largest absolute Gasteiger partial charge is 0.378 e. The topological polar surface area (TPSA) is 163 Å². The predicted octanol–water partition coefficient (Wildman–Crippen LogP) is 0.889. The summed E-state index contributed by atoms with van der Waals surface area (Å²) in [6.45, 7) is 4.52. The molecule has 3 saturated heterocycles. The first-order chi connectivity index (χ1) is 19.9. The lowest BCUT2D eigenvalue weighted by Gasteiger charge is -2.34. The van der Waals surface area contributed by atoms with Gasteiger partial charge in [-0.05, 0) is 56.4 Å². The molecule has 0 saturated carbocycles. The molecule has 5 rings (SSSR count). The fraction of sp³-hybridized carbons (Fsp3) is 0.500. The van der Waals surface area contributed by atoms with Gasteiger partial charge in [0.25, 0.3) is 11.8 Å². The number of hydrogen-bond acceptors (Lipinski definition) is 9. The molecule has 1 atom stereocenters. The van der Waals surface area contributed by atoms with Crippen LogP contribution in [0.5, 0.6) is 0 Å². The first kappa shape index (κ1) is 28.3. The van der Waals surface area contributed by atoms with Crippen LogP contribution in [0, 0.1) is 0 Å². The van der Waals surface area contributed by atoms with E-state index < -0.39 is 17.7 Å². The maximum Gasteiger partial charge on any atom is 0.311 e. The monoisotopic (exact) mass is 564 g/mol. The van der Waals surface area contributed by atoms with Crippen molar-refractivity contribution in [2.75, 3.05) is 62.7 Å². The van der Waals surface area contributed by atoms with Crippen LogP contribution in [-0.4, -0.2) is 102 Å². The number of nitrogens with zero attached hydrogens (tertiary/aromatic N) is 5. The van der Waals surface area contributed by atoms with Gasteiger partial charge in [-0.3, -0.25) is 19.2 Å². The number of rotatable bonds is 6. The molecule has 3 fully saturated rings. The molecule has 0 unspecified atom stereocenters. The van der Waals surface area contributed by atoms with Gasteiger partial charge in [0.05, 0.1) is 19.4 Å². The van der Waals surface area contributed by atoms with Crippen molar-refractivity contribution in [3.05, 3.63) is 41.7 Å². The second-order valence-corrected chi connectivity index (χ2v) is 10.5. The fourth-order valence-corrected chi connectivity index (χ4v) is 5.37. The molecular formula is C28H36N8O5. The van der Waals surface area contributed by atoms with Gasteiger partial charge < -0.3 is 35.8 Å². The average Bonchev–Trinajstić information content (AvgIpc) is 3.01. The van der Waals surface area contributed by atoms with E-state index in [1.807, 2.05) is 4.90 Å². The van der Waals surface area contributed by atoms with Crippen LogP contribution in [0.4, 0.5) is 17.3 Å². The number of hydrogen-bond donors (Lipinski definition) is 3. The van der Waals surface area contributed by atoms with Crippen molar-refractivity contribution in [2.45, 2.75) is 38.1 Å². The van der Waals surface area contributed by atoms with Gasteiger partial charge in [0.15, 0.2) is 11.5 Å². The second-order valence-electron chi connectivity index (χ2n) is 10.5. The standard InChI is InChI=1S/C28H36N8O5/c29-24(37)23-25(31-20-8-6-19(7-9-20)27(39)35-13-15-41-16-14-35)33-22(17-30-23)36-12-4-5-21(18-36)32-26(38)28(40)34-10-2-1-3-11-34/h6-9,17,21H,1-5,10-16,18H2,(H2,29,37)(H,31,33)(H,32,38)/t21-/m1/s1. The predicted molar refractivity (Wildman–Crippen MR) is 151 cm³/mol. The molecule has 3 aliphatic rings. The maximum atomic E-state index is 12.8. The number of aromatic nitrogens is 2. The number of nitrogens with one attached hydrogen (secondary N) is 2. The SMILES string of the molecule is NC(=O)c1ncc(N2CCC[C@@H](NC(=O)C(=O)N3CCCCC3)C2)nc1Nc1ccc(C(=O)N2CCOCC2)cc1. The molecule has 4 amide bonds. The Morgan fingerprint density at radius 2 is 1.63 bits per heavy atom. The highest BCUT2D eigenvalue weighted by Gasteiger charge is 2.29. The summed E-state index contributed by atoms with van der Waals surface area (Å²) in [4.78, 5) is 64.3. The highest BCUT2D eigenvalue weighted by molar-refractivity contribution is 6.35. The van der Waals surface area contributed by atoms with Crippen LogP contribution >= 0.6 is 0 Å². The van der Waals surface area contributed by atoms with Crippen molar-refractivity contribution in [3.8, 4) is 0 Å². The van der Waals surface area contributed by atoms with Gasteiger partial charge >= 0.3 is 11.8 Å². The van der Waals surface area contributed by atoms with E-state index in [1.54, 1.807) is 34.1 Å². The zero-order valence-electron chi connectivity index (χ0n) is 23.0. The number of carbonyl (C=O) groups is 4. The molecule has 0 bridgehead atoms. The number of anilines is 3. The summed E-state index contributed by atoms with van der Waals surface area (Å²) in [6.07, 6.45) is 5.92. The third kappa shape index (κ3) is 6.91. The van der Waals surface area contributed by atoms with E-state index in [1.165, 1.54) is 6.20 Å². The molecule has 2 aromatic rings. The highest BCUT2D eigenvalue weighted by Crippen LogP contribution is 2.24. The van der Waals surface area contributed by atoms with E-state index in [4.69, 9.17) is 10.5 Å². The van der Waals surface area contributed by atoms with Crippen LogP contribution in [-0.2, 0) is 14.3 Å². The smallest absolute Gasteiger partial charge is 0.311 e. The maximum absolute atomic E-state index is 12.8. The summed E-state index contributed by atoms with van der Waals surface area (Å²) in [5.74, 6) is -1.15. The van der Waals surface area contributed by atoms with Crippen molar-refractivity contribution in [3.63, 3.8) is 0 Å². The molecule has 0 aliphatic carbocycles. The minimum atomic E-state index is -0.731. The quantitative estimate of drug-likeness (QED) is 0.432. The van der Waals surface area contributed by atoms with Crippen LogP contribution < -0.4 is 21.3 Å². The van der Waals surface area contributed by atoms with Crippen LogP contribution in [0.3, 0.4) is 0 Å². The lowest BCUT2D eigenvalue weighted by Crippen LogP contribution is -2.53. The zero-order chi connectivity index (χ0) is 28.8. The highest BCUT2D eigenvalue weighted by atomic mass is 16.5. The fourth-order valence-electron chi connectivity index (χ4n) is 5.37. The van der Waals surface area contributed by atoms with E-state index in [0.29, 0.717) is 69.6 Å². The van der Waals surface area contributed by atoms with E-state index in [2.05, 4.69) is 20.6 Å². The molecule has 41 heavy (non-hydrogen) atoms. The first-order valence-electron chi connectivity index (χ1n) is 14.1. The lowest BCUT2D eigenvalue weighted by atomic mass is 10.1. The lowest BCUT2D eigenvalue weighted by molar-refractivity contribution is -0.146. The number of nitrogens with two attached hydrogens (primary N) is 1. The second kappa shape index (κ2) is 12.9. The summed E-state index contributed by atoms with van der Waals surface area (Å²) in [7, 11) is 0. The van der Waals surface area contributed by atoms with Crippen LogP contribution in [0.2, 0.25) is 0 Å². The van der Waals surface area contributed by atoms with Gasteiger partial charge in [0, 0.05) is 56.6 Å². The summed E-state index contributed by atoms with van der Waals surface area (Å²) < 4.78 is 5.32. The summed E-state index contributed by atoms with van der Waals surface area (Å²) in [5.41, 5.74) is 6.71. The Labute approximate surface area is 238 Å². The van der Waals surface area contributed by atoms with Gasteiger partial charge in [-0.25, -0.2) is 9.97 Å². The minimum absolute atomic E-state index is 0.0174. The van der Waals surface area contributed by atoms with Crippen LogP contribution in [0.15, 0.2) is 30.5 Å². The Morgan fingerprint density at radius 1 is 0.902 bits per heavy atom. The summed E-state index contributed by atoms with van der Waals surface area (Å²) in [5, 5.41) is 6.00. The number of likely N-dealkylation sites (tertiary alicyclic amines) is 1. The Kier molecular flexibility index (Phi) is 8.92. The molecule has 1 aromatic carbocycles. The zero-order valence-corrected chi connectivity index (χ0v) is 23.0.